The highest BCUT2D eigenvalue weighted by Gasteiger charge is 2.33. The summed E-state index contributed by atoms with van der Waals surface area (Å²) in [5.41, 5.74) is 3.05. The lowest BCUT2D eigenvalue weighted by Gasteiger charge is -2.33. The maximum Gasteiger partial charge on any atom is 0.244 e. The van der Waals surface area contributed by atoms with Crippen molar-refractivity contribution >= 4 is 39.1 Å². The van der Waals surface area contributed by atoms with Crippen LogP contribution in [-0.2, 0) is 32.6 Å². The van der Waals surface area contributed by atoms with E-state index in [0.717, 1.165) is 27.3 Å². The van der Waals surface area contributed by atoms with E-state index in [4.69, 9.17) is 11.6 Å². The zero-order valence-corrected chi connectivity index (χ0v) is 26.0. The van der Waals surface area contributed by atoms with Crippen molar-refractivity contribution in [2.45, 2.75) is 52.6 Å². The molecule has 41 heavy (non-hydrogen) atoms. The van der Waals surface area contributed by atoms with Gasteiger partial charge in [0.05, 0.1) is 11.9 Å². The number of halogens is 1. The average molecular weight is 598 g/mol. The van der Waals surface area contributed by atoms with Crippen LogP contribution >= 0.6 is 11.6 Å². The summed E-state index contributed by atoms with van der Waals surface area (Å²) < 4.78 is 27.0. The molecule has 0 aliphatic rings. The van der Waals surface area contributed by atoms with E-state index in [0.29, 0.717) is 17.3 Å². The van der Waals surface area contributed by atoms with E-state index in [2.05, 4.69) is 19.2 Å². The molecule has 0 aliphatic carbocycles. The van der Waals surface area contributed by atoms with E-state index in [-0.39, 0.29) is 30.7 Å². The summed E-state index contributed by atoms with van der Waals surface area (Å²) in [6.07, 6.45) is 1.34. The minimum absolute atomic E-state index is 0.0792. The van der Waals surface area contributed by atoms with Crippen molar-refractivity contribution in [2.24, 2.45) is 5.92 Å². The van der Waals surface area contributed by atoms with Gasteiger partial charge in [0.25, 0.3) is 0 Å². The number of carbonyl (C=O) groups excluding carboxylic acids is 2. The van der Waals surface area contributed by atoms with Gasteiger partial charge in [-0.2, -0.15) is 0 Å². The highest BCUT2D eigenvalue weighted by atomic mass is 35.5. The molecule has 0 saturated heterocycles. The smallest absolute Gasteiger partial charge is 0.244 e. The molecule has 7 nitrogen and oxygen atoms in total. The number of hydrogen-bond donors (Lipinski definition) is 1. The molecule has 1 atom stereocenters. The maximum atomic E-state index is 14.1. The summed E-state index contributed by atoms with van der Waals surface area (Å²) in [5, 5.41) is 3.48. The first-order chi connectivity index (χ1) is 19.3. The highest BCUT2D eigenvalue weighted by molar-refractivity contribution is 7.92. The third-order valence-electron chi connectivity index (χ3n) is 6.72. The lowest BCUT2D eigenvalue weighted by molar-refractivity contribution is -0.140. The molecular formula is C32H40ClN3O4S. The molecule has 3 aromatic carbocycles. The van der Waals surface area contributed by atoms with Crippen molar-refractivity contribution in [1.82, 2.24) is 10.2 Å². The lowest BCUT2D eigenvalue weighted by atomic mass is 10.0. The van der Waals surface area contributed by atoms with Gasteiger partial charge in [0, 0.05) is 24.5 Å². The monoisotopic (exact) mass is 597 g/mol. The SMILES string of the molecule is CC(C)CNC(=O)C(Cc1ccccc1)N(Cc1cccc(Cl)c1)C(=O)CN(c1ccc(C(C)C)cc1)S(C)(=O)=O. The first-order valence-corrected chi connectivity index (χ1v) is 16.0. The van der Waals surface area contributed by atoms with Crippen molar-refractivity contribution < 1.29 is 18.0 Å². The van der Waals surface area contributed by atoms with Gasteiger partial charge in [0.1, 0.15) is 12.6 Å². The van der Waals surface area contributed by atoms with Crippen LogP contribution < -0.4 is 9.62 Å². The number of hydrogen-bond acceptors (Lipinski definition) is 4. The van der Waals surface area contributed by atoms with Crippen molar-refractivity contribution in [3.63, 3.8) is 0 Å². The summed E-state index contributed by atoms with van der Waals surface area (Å²) in [4.78, 5) is 29.2. The third kappa shape index (κ3) is 9.61. The molecule has 9 heteroatoms. The highest BCUT2D eigenvalue weighted by Crippen LogP contribution is 2.24. The second kappa shape index (κ2) is 14.5. The zero-order valence-electron chi connectivity index (χ0n) is 24.4. The van der Waals surface area contributed by atoms with Crippen LogP contribution in [-0.4, -0.2) is 50.5 Å². The summed E-state index contributed by atoms with van der Waals surface area (Å²) >= 11 is 6.25. The molecule has 0 aliphatic heterocycles. The molecule has 0 spiro atoms. The van der Waals surface area contributed by atoms with Crippen LogP contribution in [0.25, 0.3) is 0 Å². The van der Waals surface area contributed by atoms with Gasteiger partial charge < -0.3 is 10.2 Å². The molecule has 2 amide bonds. The standard InChI is InChI=1S/C32H40ClN3O4S/c1-23(2)20-34-32(38)30(19-25-10-7-6-8-11-25)35(21-26-12-9-13-28(33)18-26)31(37)22-36(41(5,39)40)29-16-14-27(15-17-29)24(3)4/h6-18,23-24,30H,19-22H2,1-5H3,(H,34,38). The van der Waals surface area contributed by atoms with E-state index in [1.54, 1.807) is 30.3 Å². The van der Waals surface area contributed by atoms with Crippen LogP contribution in [0.3, 0.4) is 0 Å². The first-order valence-electron chi connectivity index (χ1n) is 13.8. The molecule has 0 aromatic heterocycles. The molecule has 3 rings (SSSR count). The van der Waals surface area contributed by atoms with E-state index < -0.39 is 28.5 Å². The number of nitrogens with one attached hydrogen (secondary N) is 1. The van der Waals surface area contributed by atoms with E-state index >= 15 is 0 Å². The number of amides is 2. The Morgan fingerprint density at radius 1 is 0.878 bits per heavy atom. The van der Waals surface area contributed by atoms with Gasteiger partial charge in [-0.3, -0.25) is 13.9 Å². The maximum absolute atomic E-state index is 14.1. The average Bonchev–Trinajstić information content (AvgIpc) is 2.92. The zero-order chi connectivity index (χ0) is 30.2. The van der Waals surface area contributed by atoms with E-state index in [1.807, 2.05) is 62.4 Å². The molecule has 1 N–H and O–H groups in total. The van der Waals surface area contributed by atoms with E-state index in [9.17, 15) is 18.0 Å². The van der Waals surface area contributed by atoms with Crippen molar-refractivity contribution in [2.75, 3.05) is 23.7 Å². The van der Waals surface area contributed by atoms with Gasteiger partial charge in [-0.05, 0) is 52.8 Å². The third-order valence-corrected chi connectivity index (χ3v) is 8.10. The topological polar surface area (TPSA) is 86.8 Å². The normalized spacial score (nSPS) is 12.3. The molecule has 1 unspecified atom stereocenters. The molecule has 3 aromatic rings. The van der Waals surface area contributed by atoms with Crippen LogP contribution in [0.2, 0.25) is 5.02 Å². The van der Waals surface area contributed by atoms with Crippen molar-refractivity contribution in [1.29, 1.82) is 0 Å². The van der Waals surface area contributed by atoms with Gasteiger partial charge in [0.2, 0.25) is 21.8 Å². The molecule has 0 bridgehead atoms. The Labute approximate surface area is 249 Å². The molecule has 0 heterocycles. The quantitative estimate of drug-likeness (QED) is 0.276. The Bertz CT molecular complexity index is 1410. The second-order valence-electron chi connectivity index (χ2n) is 11.0. The minimum atomic E-state index is -3.82. The summed E-state index contributed by atoms with van der Waals surface area (Å²) in [7, 11) is -3.82. The number of nitrogens with zero attached hydrogens (tertiary/aromatic N) is 2. The number of rotatable bonds is 13. The molecule has 220 valence electrons. The number of benzene rings is 3. The summed E-state index contributed by atoms with van der Waals surface area (Å²) in [6.45, 7) is 8.17. The summed E-state index contributed by atoms with van der Waals surface area (Å²) in [5.74, 6) is -0.314. The van der Waals surface area contributed by atoms with Crippen molar-refractivity contribution in [3.05, 3.63) is 101 Å². The van der Waals surface area contributed by atoms with Gasteiger partial charge >= 0.3 is 0 Å². The predicted octanol–water partition coefficient (Wildman–Crippen LogP) is 5.64. The van der Waals surface area contributed by atoms with Crippen LogP contribution in [0.15, 0.2) is 78.9 Å². The Morgan fingerprint density at radius 3 is 2.07 bits per heavy atom. The summed E-state index contributed by atoms with van der Waals surface area (Å²) in [6, 6.07) is 22.8. The van der Waals surface area contributed by atoms with Crippen LogP contribution in [0.5, 0.6) is 0 Å². The fourth-order valence-electron chi connectivity index (χ4n) is 4.45. The van der Waals surface area contributed by atoms with Crippen LogP contribution in [0.1, 0.15) is 50.3 Å². The molecule has 0 saturated carbocycles. The fraction of sp³-hybridized carbons (Fsp3) is 0.375. The fourth-order valence-corrected chi connectivity index (χ4v) is 5.51. The lowest BCUT2D eigenvalue weighted by Crippen LogP contribution is -2.53. The Hall–Kier alpha value is -3.36. The Morgan fingerprint density at radius 2 is 1.51 bits per heavy atom. The Kier molecular flexibility index (Phi) is 11.4. The number of carbonyl (C=O) groups is 2. The Balaban J connectivity index is 2.04. The first kappa shape index (κ1) is 32.2. The predicted molar refractivity (Wildman–Crippen MR) is 167 cm³/mol. The largest absolute Gasteiger partial charge is 0.354 e. The van der Waals surface area contributed by atoms with Gasteiger partial charge in [-0.15, -0.1) is 0 Å². The molecule has 0 fully saturated rings. The van der Waals surface area contributed by atoms with E-state index in [1.165, 1.54) is 4.90 Å². The molecule has 0 radical (unpaired) electrons. The van der Waals surface area contributed by atoms with Gasteiger partial charge in [-0.1, -0.05) is 93.9 Å². The van der Waals surface area contributed by atoms with Crippen LogP contribution in [0.4, 0.5) is 5.69 Å². The van der Waals surface area contributed by atoms with Crippen LogP contribution in [0, 0.1) is 5.92 Å². The minimum Gasteiger partial charge on any atom is -0.354 e. The van der Waals surface area contributed by atoms with Crippen molar-refractivity contribution in [3.8, 4) is 0 Å². The number of anilines is 1. The molecular weight excluding hydrogens is 558 g/mol. The van der Waals surface area contributed by atoms with Gasteiger partial charge in [0.15, 0.2) is 0 Å². The number of sulfonamides is 1. The second-order valence-corrected chi connectivity index (χ2v) is 13.4. The van der Waals surface area contributed by atoms with Gasteiger partial charge in [-0.25, -0.2) is 8.42 Å².